The van der Waals surface area contributed by atoms with Gasteiger partial charge in [-0.25, -0.2) is 4.98 Å². The first kappa shape index (κ1) is 27.2. The number of halogens is 1. The van der Waals surface area contributed by atoms with E-state index in [1.54, 1.807) is 30.2 Å². The molecule has 200 valence electrons. The lowest BCUT2D eigenvalue weighted by Crippen LogP contribution is -2.51. The van der Waals surface area contributed by atoms with E-state index in [1.165, 1.54) is 11.1 Å². The van der Waals surface area contributed by atoms with Crippen LogP contribution in [0.4, 0.5) is 0 Å². The number of ether oxygens (including phenoxy) is 1. The van der Waals surface area contributed by atoms with Crippen molar-refractivity contribution in [3.8, 4) is 22.6 Å². The van der Waals surface area contributed by atoms with Crippen LogP contribution in [0.25, 0.3) is 11.1 Å². The molecule has 2 N–H and O–H groups in total. The number of aromatic amines is 1. The third kappa shape index (κ3) is 5.38. The molecule has 0 saturated carbocycles. The molecule has 1 aromatic carbocycles. The molecule has 10 heteroatoms. The molecule has 1 saturated heterocycles. The fourth-order valence-electron chi connectivity index (χ4n) is 4.71. The van der Waals surface area contributed by atoms with E-state index >= 15 is 0 Å². The number of methoxy groups -OCH3 is 1. The molecule has 9 nitrogen and oxygen atoms in total. The Morgan fingerprint density at radius 1 is 1.08 bits per heavy atom. The summed E-state index contributed by atoms with van der Waals surface area (Å²) in [4.78, 5) is 49.5. The van der Waals surface area contributed by atoms with Gasteiger partial charge in [-0.3, -0.25) is 14.4 Å². The first-order valence-electron chi connectivity index (χ1n) is 12.6. The van der Waals surface area contributed by atoms with Crippen LogP contribution in [0.3, 0.4) is 0 Å². The molecule has 3 aromatic rings. The summed E-state index contributed by atoms with van der Waals surface area (Å²) >= 11 is 5.86. The first-order chi connectivity index (χ1) is 18.3. The molecule has 1 aliphatic rings. The minimum atomic E-state index is -0.640. The third-order valence-corrected chi connectivity index (χ3v) is 6.99. The summed E-state index contributed by atoms with van der Waals surface area (Å²) in [5.41, 5.74) is 1.75. The Morgan fingerprint density at radius 3 is 2.37 bits per heavy atom. The summed E-state index contributed by atoms with van der Waals surface area (Å²) in [6.45, 7) is 4.87. The molecule has 0 spiro atoms. The van der Waals surface area contributed by atoms with Crippen LogP contribution in [-0.2, 0) is 6.42 Å². The number of carbonyl (C=O) groups is 2. The van der Waals surface area contributed by atoms with Gasteiger partial charge in [0, 0.05) is 49.2 Å². The quantitative estimate of drug-likeness (QED) is 0.469. The molecule has 1 aliphatic heterocycles. The van der Waals surface area contributed by atoms with Crippen LogP contribution < -0.4 is 10.3 Å². The van der Waals surface area contributed by atoms with Crippen molar-refractivity contribution in [3.63, 3.8) is 0 Å². The van der Waals surface area contributed by atoms with Crippen LogP contribution in [0, 0.1) is 6.92 Å². The molecular formula is C28H31ClN4O5. The number of nitrogens with zero attached hydrogens (tertiary/aromatic N) is 3. The first-order valence-corrected chi connectivity index (χ1v) is 13.0. The topological polar surface area (TPSA) is 116 Å². The number of unbranched alkanes of at least 4 members (excludes halogenated alkanes) is 1. The van der Waals surface area contributed by atoms with Gasteiger partial charge in [0.1, 0.15) is 22.8 Å². The predicted molar refractivity (Wildman–Crippen MR) is 145 cm³/mol. The third-order valence-electron chi connectivity index (χ3n) is 6.77. The average Bonchev–Trinajstić information content (AvgIpc) is 2.92. The number of H-pyrrole nitrogens is 1. The monoisotopic (exact) mass is 538 g/mol. The van der Waals surface area contributed by atoms with Crippen LogP contribution >= 0.6 is 11.6 Å². The summed E-state index contributed by atoms with van der Waals surface area (Å²) in [6, 6.07) is 8.67. The van der Waals surface area contributed by atoms with Gasteiger partial charge in [0.05, 0.1) is 12.1 Å². The van der Waals surface area contributed by atoms with E-state index in [1.807, 2.05) is 26.0 Å². The van der Waals surface area contributed by atoms with Gasteiger partial charge in [0.2, 0.25) is 0 Å². The van der Waals surface area contributed by atoms with Gasteiger partial charge in [-0.15, -0.1) is 0 Å². The SMILES string of the molecule is CCCCc1[nH]c(=O)c(C(=O)N2CCN(C(=O)c3ccc(Cl)cn3)CC2)c(O)c1-c1c(C)cccc1OC. The number of amides is 2. The van der Waals surface area contributed by atoms with E-state index in [9.17, 15) is 19.5 Å². The summed E-state index contributed by atoms with van der Waals surface area (Å²) in [6.07, 6.45) is 3.62. The molecule has 1 fully saturated rings. The van der Waals surface area contributed by atoms with Crippen LogP contribution in [0.1, 0.15) is 51.9 Å². The van der Waals surface area contributed by atoms with Gasteiger partial charge < -0.3 is 24.6 Å². The van der Waals surface area contributed by atoms with Crippen LogP contribution in [-0.4, -0.2) is 70.0 Å². The largest absolute Gasteiger partial charge is 0.506 e. The smallest absolute Gasteiger partial charge is 0.272 e. The van der Waals surface area contributed by atoms with Gasteiger partial charge in [0.15, 0.2) is 0 Å². The Kier molecular flexibility index (Phi) is 8.36. The Bertz CT molecular complexity index is 1400. The van der Waals surface area contributed by atoms with E-state index in [4.69, 9.17) is 16.3 Å². The summed E-state index contributed by atoms with van der Waals surface area (Å²) in [5.74, 6) is -0.673. The molecule has 3 heterocycles. The normalized spacial score (nSPS) is 13.5. The molecule has 0 radical (unpaired) electrons. The van der Waals surface area contributed by atoms with Crippen molar-refractivity contribution >= 4 is 23.4 Å². The van der Waals surface area contributed by atoms with E-state index in [-0.39, 0.29) is 49.1 Å². The number of piperazine rings is 1. The number of hydrogen-bond acceptors (Lipinski definition) is 6. The van der Waals surface area contributed by atoms with Gasteiger partial charge in [0.25, 0.3) is 17.4 Å². The van der Waals surface area contributed by atoms with Crippen molar-refractivity contribution in [2.45, 2.75) is 33.1 Å². The summed E-state index contributed by atoms with van der Waals surface area (Å²) in [7, 11) is 1.54. The second kappa shape index (κ2) is 11.7. The fourth-order valence-corrected chi connectivity index (χ4v) is 4.82. The highest BCUT2D eigenvalue weighted by atomic mass is 35.5. The number of nitrogens with one attached hydrogen (secondary N) is 1. The zero-order valence-electron chi connectivity index (χ0n) is 21.7. The number of hydrogen-bond donors (Lipinski definition) is 2. The molecule has 0 bridgehead atoms. The van der Waals surface area contributed by atoms with Gasteiger partial charge >= 0.3 is 0 Å². The van der Waals surface area contributed by atoms with Crippen molar-refractivity contribution in [3.05, 3.63) is 74.4 Å². The van der Waals surface area contributed by atoms with Crippen molar-refractivity contribution in [1.29, 1.82) is 0 Å². The lowest BCUT2D eigenvalue weighted by molar-refractivity contribution is 0.0529. The highest BCUT2D eigenvalue weighted by Gasteiger charge is 2.31. The number of aromatic nitrogens is 2. The molecule has 0 unspecified atom stereocenters. The molecule has 0 aliphatic carbocycles. The van der Waals surface area contributed by atoms with Gasteiger partial charge in [-0.2, -0.15) is 0 Å². The standard InChI is InChI=1S/C28H31ClN4O5/c1-4-5-8-19-23(22-17(2)7-6-9-21(22)38-3)25(34)24(26(35)31-19)28(37)33-14-12-32(13-15-33)27(36)20-11-10-18(29)16-30-20/h6-7,9-11,16H,4-5,8,12-15H2,1-3H3,(H2,31,34,35). The lowest BCUT2D eigenvalue weighted by atomic mass is 9.93. The maximum Gasteiger partial charge on any atom is 0.272 e. The van der Waals surface area contributed by atoms with Gasteiger partial charge in [-0.05, 0) is 43.5 Å². The number of benzene rings is 1. The lowest BCUT2D eigenvalue weighted by Gasteiger charge is -2.34. The van der Waals surface area contributed by atoms with E-state index in [0.29, 0.717) is 34.0 Å². The number of pyridine rings is 2. The predicted octanol–water partition coefficient (Wildman–Crippen LogP) is 4.05. The van der Waals surface area contributed by atoms with E-state index in [2.05, 4.69) is 9.97 Å². The summed E-state index contributed by atoms with van der Waals surface area (Å²) in [5, 5.41) is 11.9. The Balaban J connectivity index is 1.65. The van der Waals surface area contributed by atoms with Crippen molar-refractivity contribution in [2.24, 2.45) is 0 Å². The van der Waals surface area contributed by atoms with E-state index in [0.717, 1.165) is 18.4 Å². The average molecular weight is 539 g/mol. The van der Waals surface area contributed by atoms with Crippen molar-refractivity contribution in [2.75, 3.05) is 33.3 Å². The van der Waals surface area contributed by atoms with Crippen molar-refractivity contribution < 1.29 is 19.4 Å². The minimum absolute atomic E-state index is 0.206. The molecular weight excluding hydrogens is 508 g/mol. The van der Waals surface area contributed by atoms with Gasteiger partial charge in [-0.1, -0.05) is 37.1 Å². The number of carbonyl (C=O) groups excluding carboxylic acids is 2. The Morgan fingerprint density at radius 2 is 1.76 bits per heavy atom. The molecule has 2 aromatic heterocycles. The van der Waals surface area contributed by atoms with Crippen LogP contribution in [0.2, 0.25) is 5.02 Å². The minimum Gasteiger partial charge on any atom is -0.506 e. The second-order valence-electron chi connectivity index (χ2n) is 9.23. The number of aryl methyl sites for hydroxylation is 2. The maximum atomic E-state index is 13.6. The zero-order chi connectivity index (χ0) is 27.4. The summed E-state index contributed by atoms with van der Waals surface area (Å²) < 4.78 is 5.57. The number of aromatic hydroxyl groups is 1. The van der Waals surface area contributed by atoms with E-state index < -0.39 is 11.5 Å². The Labute approximate surface area is 226 Å². The zero-order valence-corrected chi connectivity index (χ0v) is 22.5. The molecule has 4 rings (SSSR count). The molecule has 38 heavy (non-hydrogen) atoms. The number of rotatable bonds is 7. The fraction of sp³-hybridized carbons (Fsp3) is 0.357. The maximum absolute atomic E-state index is 13.6. The van der Waals surface area contributed by atoms with Crippen molar-refractivity contribution in [1.82, 2.24) is 19.8 Å². The highest BCUT2D eigenvalue weighted by molar-refractivity contribution is 6.30. The molecule has 2 amide bonds. The van der Waals surface area contributed by atoms with Crippen LogP contribution in [0.15, 0.2) is 41.3 Å². The second-order valence-corrected chi connectivity index (χ2v) is 9.67. The molecule has 0 atom stereocenters. The van der Waals surface area contributed by atoms with Crippen LogP contribution in [0.5, 0.6) is 11.5 Å². The highest BCUT2D eigenvalue weighted by Crippen LogP contribution is 2.41. The Hall–Kier alpha value is -3.85.